The fraction of sp³-hybridized carbons (Fsp3) is 0.364. The van der Waals surface area contributed by atoms with E-state index in [1.165, 1.54) is 29.0 Å². The van der Waals surface area contributed by atoms with Gasteiger partial charge < -0.3 is 20.3 Å². The maximum absolute atomic E-state index is 15.0. The van der Waals surface area contributed by atoms with E-state index in [1.54, 1.807) is 31.2 Å². The Hall–Kier alpha value is -4.11. The molecule has 0 bridgehead atoms. The number of ether oxygens (including phenoxy) is 1. The number of amides is 2. The highest BCUT2D eigenvalue weighted by atomic mass is 19.2. The molecule has 2 amide bonds. The average molecular weight is 578 g/mol. The molecule has 3 atom stereocenters. The molecule has 0 saturated carbocycles. The second-order valence-corrected chi connectivity index (χ2v) is 11.8. The van der Waals surface area contributed by atoms with Crippen molar-refractivity contribution in [3.05, 3.63) is 106 Å². The van der Waals surface area contributed by atoms with Gasteiger partial charge in [-0.05, 0) is 47.2 Å². The first-order valence-electron chi connectivity index (χ1n) is 13.9. The monoisotopic (exact) mass is 577 g/mol. The third-order valence-corrected chi connectivity index (χ3v) is 7.93. The molecule has 42 heavy (non-hydrogen) atoms. The Kier molecular flexibility index (Phi) is 9.11. The summed E-state index contributed by atoms with van der Waals surface area (Å²) in [4.78, 5) is 43.2. The number of rotatable bonds is 7. The topological polar surface area (TPSA) is 92.9 Å². The predicted molar refractivity (Wildman–Crippen MR) is 155 cm³/mol. The van der Waals surface area contributed by atoms with Gasteiger partial charge in [-0.1, -0.05) is 69.3 Å². The highest BCUT2D eigenvalue weighted by Crippen LogP contribution is 2.32. The minimum absolute atomic E-state index is 0.00927. The van der Waals surface area contributed by atoms with Gasteiger partial charge in [-0.2, -0.15) is 0 Å². The van der Waals surface area contributed by atoms with E-state index in [0.29, 0.717) is 11.1 Å². The van der Waals surface area contributed by atoms with Crippen LogP contribution in [-0.4, -0.2) is 46.8 Å². The Bertz CT molecular complexity index is 1470. The Balaban J connectivity index is 1.77. The van der Waals surface area contributed by atoms with Crippen molar-refractivity contribution in [1.82, 2.24) is 9.80 Å². The van der Waals surface area contributed by atoms with Crippen LogP contribution in [0.15, 0.2) is 66.7 Å². The summed E-state index contributed by atoms with van der Waals surface area (Å²) >= 11 is 0. The third kappa shape index (κ3) is 6.36. The first kappa shape index (κ1) is 30.8. The van der Waals surface area contributed by atoms with Crippen LogP contribution in [-0.2, 0) is 33.8 Å². The van der Waals surface area contributed by atoms with Crippen molar-refractivity contribution >= 4 is 17.8 Å². The summed E-state index contributed by atoms with van der Waals surface area (Å²) in [5.41, 5.74) is 8.69. The van der Waals surface area contributed by atoms with Crippen LogP contribution in [0.3, 0.4) is 0 Å². The predicted octanol–water partition coefficient (Wildman–Crippen LogP) is 5.17. The quantitative estimate of drug-likeness (QED) is 0.392. The first-order chi connectivity index (χ1) is 19.8. The van der Waals surface area contributed by atoms with E-state index in [1.807, 2.05) is 45.0 Å². The fourth-order valence-corrected chi connectivity index (χ4v) is 5.19. The normalized spacial score (nSPS) is 16.3. The second-order valence-electron chi connectivity index (χ2n) is 11.8. The van der Waals surface area contributed by atoms with Crippen LogP contribution in [0.2, 0.25) is 0 Å². The van der Waals surface area contributed by atoms with E-state index in [2.05, 4.69) is 0 Å². The number of methoxy groups -OCH3 is 1. The van der Waals surface area contributed by atoms with E-state index in [9.17, 15) is 18.8 Å². The van der Waals surface area contributed by atoms with E-state index in [4.69, 9.17) is 10.5 Å². The van der Waals surface area contributed by atoms with Gasteiger partial charge in [0.15, 0.2) is 11.6 Å². The average Bonchev–Trinajstić information content (AvgIpc) is 2.98. The van der Waals surface area contributed by atoms with Gasteiger partial charge in [-0.25, -0.2) is 13.6 Å². The summed E-state index contributed by atoms with van der Waals surface area (Å²) in [5.74, 6) is -3.35. The number of nitrogens with two attached hydrogens (primary N) is 1. The van der Waals surface area contributed by atoms with Crippen LogP contribution in [0.1, 0.15) is 66.3 Å². The molecular formula is C33H37F2N3O4. The van der Waals surface area contributed by atoms with Gasteiger partial charge in [0.05, 0.1) is 24.8 Å². The van der Waals surface area contributed by atoms with Crippen LogP contribution in [0.4, 0.5) is 8.78 Å². The van der Waals surface area contributed by atoms with Crippen LogP contribution in [0, 0.1) is 17.0 Å². The van der Waals surface area contributed by atoms with E-state index < -0.39 is 47.1 Å². The largest absolute Gasteiger partial charge is 0.465 e. The molecule has 0 spiro atoms. The molecule has 1 aliphatic heterocycles. The number of carbonyl (C=O) groups is 3. The standard InChI is InChI=1S/C33H37F2N3O4/c1-20(25-11-8-12-26(34)28(25)35)37(18-21-13-15-22(16-14-21)32(41)42-5)30(39)27-17-23-9-6-7-10-24(23)19-38(27)31(40)29(36)33(2,3)4/h6-16,20,27,29H,17-19,36H2,1-5H3/t20-,27?,29?/m1/s1. The highest BCUT2D eigenvalue weighted by Gasteiger charge is 2.42. The Labute approximate surface area is 245 Å². The number of hydrogen-bond donors (Lipinski definition) is 1. The van der Waals surface area contributed by atoms with Crippen molar-refractivity contribution in [2.24, 2.45) is 11.1 Å². The zero-order valence-corrected chi connectivity index (χ0v) is 24.6. The fourth-order valence-electron chi connectivity index (χ4n) is 5.19. The van der Waals surface area contributed by atoms with Crippen molar-refractivity contribution in [2.45, 2.75) is 65.3 Å². The zero-order chi connectivity index (χ0) is 30.8. The van der Waals surface area contributed by atoms with Gasteiger partial charge in [0.1, 0.15) is 6.04 Å². The molecule has 4 rings (SSSR count). The Morgan fingerprint density at radius 1 is 1.00 bits per heavy atom. The van der Waals surface area contributed by atoms with Crippen LogP contribution in [0.25, 0.3) is 0 Å². The van der Waals surface area contributed by atoms with Crippen LogP contribution in [0.5, 0.6) is 0 Å². The number of benzene rings is 3. The molecule has 2 N–H and O–H groups in total. The van der Waals surface area contributed by atoms with Gasteiger partial charge in [-0.3, -0.25) is 9.59 Å². The molecular weight excluding hydrogens is 540 g/mol. The minimum atomic E-state index is -1.04. The SMILES string of the molecule is COC(=O)c1ccc(CN(C(=O)C2Cc3ccccc3CN2C(=O)C(N)C(C)(C)C)[C@H](C)c2cccc(F)c2F)cc1. The molecule has 0 radical (unpaired) electrons. The number of fused-ring (bicyclic) bond motifs is 1. The van der Waals surface area contributed by atoms with Crippen molar-refractivity contribution in [3.63, 3.8) is 0 Å². The van der Waals surface area contributed by atoms with Crippen molar-refractivity contribution in [3.8, 4) is 0 Å². The summed E-state index contributed by atoms with van der Waals surface area (Å²) in [6, 6.07) is 15.3. The van der Waals surface area contributed by atoms with E-state index in [-0.39, 0.29) is 31.0 Å². The van der Waals surface area contributed by atoms with Gasteiger partial charge in [0.25, 0.3) is 0 Å². The molecule has 1 heterocycles. The number of hydrogen-bond acceptors (Lipinski definition) is 5. The summed E-state index contributed by atoms with van der Waals surface area (Å²) in [6.07, 6.45) is 0.244. The molecule has 222 valence electrons. The lowest BCUT2D eigenvalue weighted by molar-refractivity contribution is -0.151. The molecule has 0 aromatic heterocycles. The molecule has 1 aliphatic rings. The molecule has 0 saturated heterocycles. The van der Waals surface area contributed by atoms with Gasteiger partial charge in [-0.15, -0.1) is 0 Å². The van der Waals surface area contributed by atoms with Crippen LogP contribution >= 0.6 is 0 Å². The lowest BCUT2D eigenvalue weighted by atomic mass is 9.84. The van der Waals surface area contributed by atoms with E-state index >= 15 is 4.39 Å². The number of esters is 1. The maximum Gasteiger partial charge on any atom is 0.337 e. The second kappa shape index (κ2) is 12.4. The van der Waals surface area contributed by atoms with E-state index in [0.717, 1.165) is 17.2 Å². The van der Waals surface area contributed by atoms with Gasteiger partial charge >= 0.3 is 5.97 Å². The van der Waals surface area contributed by atoms with Crippen molar-refractivity contribution in [1.29, 1.82) is 0 Å². The summed E-state index contributed by atoms with van der Waals surface area (Å²) in [7, 11) is 1.28. The van der Waals surface area contributed by atoms with Crippen molar-refractivity contribution < 1.29 is 27.9 Å². The molecule has 9 heteroatoms. The lowest BCUT2D eigenvalue weighted by Gasteiger charge is -2.42. The number of halogens is 2. The zero-order valence-electron chi connectivity index (χ0n) is 24.6. The van der Waals surface area contributed by atoms with Crippen molar-refractivity contribution in [2.75, 3.05) is 7.11 Å². The van der Waals surface area contributed by atoms with Gasteiger partial charge in [0, 0.05) is 25.1 Å². The number of carbonyl (C=O) groups excluding carboxylic acids is 3. The molecule has 2 unspecified atom stereocenters. The molecule has 3 aromatic rings. The Morgan fingerprint density at radius 3 is 2.26 bits per heavy atom. The molecule has 0 aliphatic carbocycles. The smallest absolute Gasteiger partial charge is 0.337 e. The summed E-state index contributed by atoms with van der Waals surface area (Å²) < 4.78 is 34.1. The number of nitrogens with zero attached hydrogens (tertiary/aromatic N) is 2. The molecule has 7 nitrogen and oxygen atoms in total. The minimum Gasteiger partial charge on any atom is -0.465 e. The third-order valence-electron chi connectivity index (χ3n) is 7.93. The first-order valence-corrected chi connectivity index (χ1v) is 13.9. The summed E-state index contributed by atoms with van der Waals surface area (Å²) in [5, 5.41) is 0. The molecule has 0 fully saturated rings. The highest BCUT2D eigenvalue weighted by molar-refractivity contribution is 5.91. The van der Waals surface area contributed by atoms with Gasteiger partial charge in [0.2, 0.25) is 11.8 Å². The summed E-state index contributed by atoms with van der Waals surface area (Å²) in [6.45, 7) is 7.43. The molecule has 3 aromatic carbocycles. The maximum atomic E-state index is 15.0. The Morgan fingerprint density at radius 2 is 1.64 bits per heavy atom. The lowest BCUT2D eigenvalue weighted by Crippen LogP contribution is -2.59. The van der Waals surface area contributed by atoms with Crippen LogP contribution < -0.4 is 5.73 Å².